The molecule has 2 unspecified atom stereocenters. The van der Waals surface area contributed by atoms with Crippen molar-refractivity contribution in [2.45, 2.75) is 52.1 Å². The van der Waals surface area contributed by atoms with Crippen LogP contribution in [0.2, 0.25) is 0 Å². The second-order valence-corrected chi connectivity index (χ2v) is 5.06. The van der Waals surface area contributed by atoms with Crippen molar-refractivity contribution < 1.29 is 4.74 Å². The van der Waals surface area contributed by atoms with Crippen molar-refractivity contribution in [2.24, 2.45) is 5.92 Å². The SMILES string of the molecule is CC1=CCC(C2CCC=C(C)CO2)CC1. The van der Waals surface area contributed by atoms with Crippen LogP contribution in [-0.4, -0.2) is 12.7 Å². The highest BCUT2D eigenvalue weighted by Crippen LogP contribution is 2.30. The Hall–Kier alpha value is -0.560. The number of hydrogen-bond donors (Lipinski definition) is 0. The summed E-state index contributed by atoms with van der Waals surface area (Å²) in [6.45, 7) is 5.27. The van der Waals surface area contributed by atoms with Crippen molar-refractivity contribution in [3.8, 4) is 0 Å². The average Bonchev–Trinajstić information content (AvgIpc) is 2.44. The highest BCUT2D eigenvalue weighted by molar-refractivity contribution is 5.05. The van der Waals surface area contributed by atoms with E-state index in [1.54, 1.807) is 5.57 Å². The zero-order chi connectivity index (χ0) is 10.7. The molecule has 1 heterocycles. The van der Waals surface area contributed by atoms with Crippen LogP contribution in [0.15, 0.2) is 23.3 Å². The summed E-state index contributed by atoms with van der Waals surface area (Å²) in [6, 6.07) is 0. The predicted octanol–water partition coefficient (Wildman–Crippen LogP) is 3.86. The van der Waals surface area contributed by atoms with E-state index in [4.69, 9.17) is 4.74 Å². The van der Waals surface area contributed by atoms with Crippen LogP contribution in [-0.2, 0) is 4.74 Å². The van der Waals surface area contributed by atoms with Crippen LogP contribution < -0.4 is 0 Å². The fraction of sp³-hybridized carbons (Fsp3) is 0.714. The maximum Gasteiger partial charge on any atom is 0.0678 e. The fourth-order valence-corrected chi connectivity index (χ4v) is 2.57. The van der Waals surface area contributed by atoms with Gasteiger partial charge in [-0.2, -0.15) is 0 Å². The monoisotopic (exact) mass is 206 g/mol. The normalized spacial score (nSPS) is 32.9. The predicted molar refractivity (Wildman–Crippen MR) is 63.8 cm³/mol. The third-order valence-corrected chi connectivity index (χ3v) is 3.67. The molecule has 0 N–H and O–H groups in total. The molecule has 0 saturated heterocycles. The molecule has 1 heteroatoms. The third kappa shape index (κ3) is 2.94. The number of hydrogen-bond acceptors (Lipinski definition) is 1. The van der Waals surface area contributed by atoms with Gasteiger partial charge in [-0.1, -0.05) is 23.3 Å². The fourth-order valence-electron chi connectivity index (χ4n) is 2.57. The lowest BCUT2D eigenvalue weighted by Gasteiger charge is -2.28. The Kier molecular flexibility index (Phi) is 3.63. The van der Waals surface area contributed by atoms with Crippen molar-refractivity contribution in [2.75, 3.05) is 6.61 Å². The Morgan fingerprint density at radius 3 is 2.73 bits per heavy atom. The smallest absolute Gasteiger partial charge is 0.0678 e. The first-order chi connectivity index (χ1) is 7.25. The molecule has 2 rings (SSSR count). The summed E-state index contributed by atoms with van der Waals surface area (Å²) in [5, 5.41) is 0. The van der Waals surface area contributed by atoms with Gasteiger partial charge in [-0.05, 0) is 51.9 Å². The van der Waals surface area contributed by atoms with Crippen LogP contribution in [0, 0.1) is 5.92 Å². The molecule has 0 saturated carbocycles. The summed E-state index contributed by atoms with van der Waals surface area (Å²) in [4.78, 5) is 0. The number of allylic oxidation sites excluding steroid dienone is 3. The van der Waals surface area contributed by atoms with Crippen LogP contribution in [0.1, 0.15) is 46.0 Å². The molecule has 1 aliphatic carbocycles. The van der Waals surface area contributed by atoms with Gasteiger partial charge in [-0.3, -0.25) is 0 Å². The summed E-state index contributed by atoms with van der Waals surface area (Å²) in [7, 11) is 0. The van der Waals surface area contributed by atoms with E-state index < -0.39 is 0 Å². The Morgan fingerprint density at radius 2 is 2.00 bits per heavy atom. The minimum absolute atomic E-state index is 0.503. The van der Waals surface area contributed by atoms with Crippen LogP contribution in [0.25, 0.3) is 0 Å². The molecule has 1 aliphatic heterocycles. The highest BCUT2D eigenvalue weighted by atomic mass is 16.5. The molecule has 0 spiro atoms. The molecule has 0 amide bonds. The molecule has 2 aliphatic rings. The van der Waals surface area contributed by atoms with E-state index >= 15 is 0 Å². The summed E-state index contributed by atoms with van der Waals surface area (Å²) < 4.78 is 5.99. The number of ether oxygens (including phenoxy) is 1. The van der Waals surface area contributed by atoms with E-state index in [1.807, 2.05) is 0 Å². The van der Waals surface area contributed by atoms with Crippen molar-refractivity contribution in [1.29, 1.82) is 0 Å². The summed E-state index contributed by atoms with van der Waals surface area (Å²) in [6.07, 6.45) is 11.5. The zero-order valence-corrected chi connectivity index (χ0v) is 9.96. The van der Waals surface area contributed by atoms with E-state index in [0.717, 1.165) is 12.5 Å². The molecular formula is C14H22O. The van der Waals surface area contributed by atoms with Gasteiger partial charge in [0.15, 0.2) is 0 Å². The van der Waals surface area contributed by atoms with Gasteiger partial charge >= 0.3 is 0 Å². The van der Waals surface area contributed by atoms with Crippen LogP contribution in [0.3, 0.4) is 0 Å². The Balaban J connectivity index is 1.89. The molecule has 1 nitrogen and oxygen atoms in total. The summed E-state index contributed by atoms with van der Waals surface area (Å²) in [5.41, 5.74) is 2.97. The van der Waals surface area contributed by atoms with Crippen LogP contribution in [0.4, 0.5) is 0 Å². The van der Waals surface area contributed by atoms with Gasteiger partial charge in [-0.25, -0.2) is 0 Å². The average molecular weight is 206 g/mol. The Bertz CT molecular complexity index is 275. The van der Waals surface area contributed by atoms with E-state index in [2.05, 4.69) is 26.0 Å². The van der Waals surface area contributed by atoms with E-state index in [-0.39, 0.29) is 0 Å². The van der Waals surface area contributed by atoms with Gasteiger partial charge in [0.25, 0.3) is 0 Å². The van der Waals surface area contributed by atoms with E-state index in [0.29, 0.717) is 6.10 Å². The first kappa shape index (κ1) is 10.9. The van der Waals surface area contributed by atoms with Gasteiger partial charge in [-0.15, -0.1) is 0 Å². The standard InChI is InChI=1S/C14H22O/c1-11-6-8-13(9-7-11)14-5-3-4-12(2)10-15-14/h4,6,13-14H,3,5,7-10H2,1-2H3. The molecule has 15 heavy (non-hydrogen) atoms. The molecule has 0 aromatic rings. The second-order valence-electron chi connectivity index (χ2n) is 5.06. The Morgan fingerprint density at radius 1 is 1.13 bits per heavy atom. The highest BCUT2D eigenvalue weighted by Gasteiger charge is 2.24. The maximum atomic E-state index is 5.99. The van der Waals surface area contributed by atoms with Crippen molar-refractivity contribution >= 4 is 0 Å². The Labute approximate surface area is 93.2 Å². The molecule has 84 valence electrons. The minimum Gasteiger partial charge on any atom is -0.374 e. The van der Waals surface area contributed by atoms with Gasteiger partial charge in [0.2, 0.25) is 0 Å². The lowest BCUT2D eigenvalue weighted by Crippen LogP contribution is -2.25. The van der Waals surface area contributed by atoms with Crippen LogP contribution >= 0.6 is 0 Å². The molecular weight excluding hydrogens is 184 g/mol. The van der Waals surface area contributed by atoms with Crippen molar-refractivity contribution in [1.82, 2.24) is 0 Å². The molecule has 0 fully saturated rings. The molecule has 0 aromatic heterocycles. The zero-order valence-electron chi connectivity index (χ0n) is 9.96. The molecule has 2 atom stereocenters. The third-order valence-electron chi connectivity index (χ3n) is 3.67. The second kappa shape index (κ2) is 4.98. The molecule has 0 radical (unpaired) electrons. The van der Waals surface area contributed by atoms with E-state index in [9.17, 15) is 0 Å². The molecule has 0 bridgehead atoms. The van der Waals surface area contributed by atoms with Crippen LogP contribution in [0.5, 0.6) is 0 Å². The van der Waals surface area contributed by atoms with Gasteiger partial charge < -0.3 is 4.74 Å². The van der Waals surface area contributed by atoms with Gasteiger partial charge in [0, 0.05) is 0 Å². The van der Waals surface area contributed by atoms with E-state index in [1.165, 1.54) is 37.7 Å². The summed E-state index contributed by atoms with van der Waals surface area (Å²) in [5.74, 6) is 0.771. The largest absolute Gasteiger partial charge is 0.374 e. The first-order valence-corrected chi connectivity index (χ1v) is 6.18. The maximum absolute atomic E-state index is 5.99. The van der Waals surface area contributed by atoms with Gasteiger partial charge in [0.1, 0.15) is 0 Å². The van der Waals surface area contributed by atoms with Gasteiger partial charge in [0.05, 0.1) is 12.7 Å². The topological polar surface area (TPSA) is 9.23 Å². The number of rotatable bonds is 1. The lowest BCUT2D eigenvalue weighted by molar-refractivity contribution is 0.0206. The first-order valence-electron chi connectivity index (χ1n) is 6.18. The van der Waals surface area contributed by atoms with Crippen molar-refractivity contribution in [3.63, 3.8) is 0 Å². The molecule has 0 aromatic carbocycles. The lowest BCUT2D eigenvalue weighted by atomic mass is 9.84. The quantitative estimate of drug-likeness (QED) is 0.592. The minimum atomic E-state index is 0.503. The van der Waals surface area contributed by atoms with Crippen molar-refractivity contribution in [3.05, 3.63) is 23.3 Å². The summed E-state index contributed by atoms with van der Waals surface area (Å²) >= 11 is 0.